The number of carbonyl (C=O) groups excluding carboxylic acids is 2. The molecule has 1 N–H and O–H groups in total. The third-order valence-electron chi connectivity index (χ3n) is 5.09. The Morgan fingerprint density at radius 1 is 1.00 bits per heavy atom. The van der Waals surface area contributed by atoms with Crippen molar-refractivity contribution in [2.24, 2.45) is 0 Å². The fourth-order valence-corrected chi connectivity index (χ4v) is 3.31. The maximum Gasteiger partial charge on any atom is 0.269 e. The number of hydrogen-bond acceptors (Lipinski definition) is 5. The van der Waals surface area contributed by atoms with Crippen LogP contribution in [0.2, 0.25) is 0 Å². The second-order valence-corrected chi connectivity index (χ2v) is 7.42. The van der Waals surface area contributed by atoms with Crippen molar-refractivity contribution < 1.29 is 19.2 Å². The van der Waals surface area contributed by atoms with E-state index in [0.717, 1.165) is 5.56 Å². The van der Waals surface area contributed by atoms with E-state index in [1.807, 2.05) is 30.3 Å². The number of ether oxygens (including phenoxy) is 1. The van der Waals surface area contributed by atoms with Crippen molar-refractivity contribution in [2.75, 3.05) is 18.5 Å². The second-order valence-electron chi connectivity index (χ2n) is 7.42. The van der Waals surface area contributed by atoms with E-state index in [1.54, 1.807) is 38.2 Å². The van der Waals surface area contributed by atoms with Crippen LogP contribution < -0.4 is 15.0 Å². The lowest BCUT2D eigenvalue weighted by Gasteiger charge is -2.24. The summed E-state index contributed by atoms with van der Waals surface area (Å²) < 4.78 is 5.65. The Kier molecular flexibility index (Phi) is 7.75. The van der Waals surface area contributed by atoms with Gasteiger partial charge in [-0.25, -0.2) is 0 Å². The standard InChI is InChI=1S/C25H25N3O5/c1-18(33-21-14-12-20(13-15-21)28(31)32)25(30)27(2)23-11-7-6-10-22(23)24(29)26-17-16-19-8-4-3-5-9-19/h3-15,18H,16-17H2,1-2H3,(H,26,29). The molecule has 33 heavy (non-hydrogen) atoms. The molecule has 1 atom stereocenters. The predicted octanol–water partition coefficient (Wildman–Crippen LogP) is 4.00. The number of non-ortho nitro benzene ring substituents is 1. The van der Waals surface area contributed by atoms with Crippen LogP contribution in [0.25, 0.3) is 0 Å². The number of nitrogens with one attached hydrogen (secondary N) is 1. The number of anilines is 1. The zero-order valence-corrected chi connectivity index (χ0v) is 18.4. The van der Waals surface area contributed by atoms with Crippen LogP contribution >= 0.6 is 0 Å². The summed E-state index contributed by atoms with van der Waals surface area (Å²) in [6.45, 7) is 2.05. The minimum atomic E-state index is -0.870. The average molecular weight is 447 g/mol. The molecular weight excluding hydrogens is 422 g/mol. The molecule has 0 saturated heterocycles. The van der Waals surface area contributed by atoms with Crippen LogP contribution in [0.15, 0.2) is 78.9 Å². The van der Waals surface area contributed by atoms with Crippen molar-refractivity contribution >= 4 is 23.2 Å². The molecule has 8 nitrogen and oxygen atoms in total. The molecule has 0 aliphatic rings. The number of nitro groups is 1. The maximum atomic E-state index is 13.0. The predicted molar refractivity (Wildman–Crippen MR) is 126 cm³/mol. The van der Waals surface area contributed by atoms with Crippen LogP contribution in [-0.4, -0.2) is 36.4 Å². The highest BCUT2D eigenvalue weighted by Crippen LogP contribution is 2.22. The molecule has 1 unspecified atom stereocenters. The van der Waals surface area contributed by atoms with Gasteiger partial charge in [0.05, 0.1) is 16.2 Å². The summed E-state index contributed by atoms with van der Waals surface area (Å²) in [7, 11) is 1.58. The van der Waals surface area contributed by atoms with Gasteiger partial charge in [-0.1, -0.05) is 42.5 Å². The summed E-state index contributed by atoms with van der Waals surface area (Å²) in [5.74, 6) is -0.301. The molecule has 0 aliphatic heterocycles. The number of carbonyl (C=O) groups is 2. The number of likely N-dealkylation sites (N-methyl/N-ethyl adjacent to an activating group) is 1. The quantitative estimate of drug-likeness (QED) is 0.395. The number of benzene rings is 3. The number of nitrogens with zero attached hydrogens (tertiary/aromatic N) is 2. The van der Waals surface area contributed by atoms with Crippen molar-refractivity contribution in [2.45, 2.75) is 19.4 Å². The van der Waals surface area contributed by atoms with Gasteiger partial charge >= 0.3 is 0 Å². The third kappa shape index (κ3) is 6.16. The average Bonchev–Trinajstić information content (AvgIpc) is 2.84. The first-order valence-corrected chi connectivity index (χ1v) is 10.5. The first-order chi connectivity index (χ1) is 15.9. The maximum absolute atomic E-state index is 13.0. The van der Waals surface area contributed by atoms with Crippen LogP contribution in [0.5, 0.6) is 5.75 Å². The lowest BCUT2D eigenvalue weighted by atomic mass is 10.1. The zero-order valence-electron chi connectivity index (χ0n) is 18.4. The molecule has 0 radical (unpaired) electrons. The molecule has 8 heteroatoms. The Morgan fingerprint density at radius 3 is 2.30 bits per heavy atom. The Hall–Kier alpha value is -4.20. The van der Waals surface area contributed by atoms with Gasteiger partial charge in [-0.3, -0.25) is 19.7 Å². The van der Waals surface area contributed by atoms with Gasteiger partial charge < -0.3 is 15.0 Å². The van der Waals surface area contributed by atoms with Gasteiger partial charge in [0.25, 0.3) is 17.5 Å². The third-order valence-corrected chi connectivity index (χ3v) is 5.09. The van der Waals surface area contributed by atoms with Gasteiger partial charge in [0, 0.05) is 25.7 Å². The molecule has 0 heterocycles. The largest absolute Gasteiger partial charge is 0.481 e. The zero-order chi connectivity index (χ0) is 23.8. The van der Waals surface area contributed by atoms with Crippen molar-refractivity contribution in [3.8, 4) is 5.75 Å². The number of hydrogen-bond donors (Lipinski definition) is 1. The van der Waals surface area contributed by atoms with Gasteiger partial charge in [-0.2, -0.15) is 0 Å². The molecule has 3 rings (SSSR count). The van der Waals surface area contributed by atoms with E-state index in [1.165, 1.54) is 29.2 Å². The van der Waals surface area contributed by atoms with E-state index >= 15 is 0 Å². The fraction of sp³-hybridized carbons (Fsp3) is 0.200. The molecule has 0 aromatic heterocycles. The normalized spacial score (nSPS) is 11.3. The molecule has 3 aromatic rings. The van der Waals surface area contributed by atoms with Gasteiger partial charge in [0.1, 0.15) is 5.75 Å². The highest BCUT2D eigenvalue weighted by Gasteiger charge is 2.24. The van der Waals surface area contributed by atoms with E-state index in [0.29, 0.717) is 30.0 Å². The van der Waals surface area contributed by atoms with Crippen molar-refractivity contribution in [1.82, 2.24) is 5.32 Å². The van der Waals surface area contributed by atoms with E-state index in [-0.39, 0.29) is 17.5 Å². The second kappa shape index (κ2) is 10.9. The molecule has 170 valence electrons. The first-order valence-electron chi connectivity index (χ1n) is 10.5. The summed E-state index contributed by atoms with van der Waals surface area (Å²) >= 11 is 0. The Balaban J connectivity index is 1.65. The van der Waals surface area contributed by atoms with Crippen LogP contribution in [0.4, 0.5) is 11.4 Å². The van der Waals surface area contributed by atoms with E-state index in [4.69, 9.17) is 4.74 Å². The molecule has 0 saturated carbocycles. The molecule has 0 aliphatic carbocycles. The Labute approximate surface area is 191 Å². The summed E-state index contributed by atoms with van der Waals surface area (Å²) in [5, 5.41) is 13.7. The highest BCUT2D eigenvalue weighted by atomic mass is 16.6. The summed E-state index contributed by atoms with van der Waals surface area (Å²) in [6.07, 6.45) is -0.172. The lowest BCUT2D eigenvalue weighted by Crippen LogP contribution is -2.39. The Bertz CT molecular complexity index is 1120. The summed E-state index contributed by atoms with van der Waals surface area (Å²) in [5.41, 5.74) is 1.89. The number of para-hydroxylation sites is 1. The van der Waals surface area contributed by atoms with Crippen molar-refractivity contribution in [1.29, 1.82) is 0 Å². The minimum Gasteiger partial charge on any atom is -0.481 e. The molecule has 3 aromatic carbocycles. The first kappa shape index (κ1) is 23.5. The van der Waals surface area contributed by atoms with Crippen LogP contribution in [0.1, 0.15) is 22.8 Å². The topological polar surface area (TPSA) is 102 Å². The fourth-order valence-electron chi connectivity index (χ4n) is 3.31. The Morgan fingerprint density at radius 2 is 1.64 bits per heavy atom. The molecule has 0 fully saturated rings. The van der Waals surface area contributed by atoms with Gasteiger partial charge in [-0.15, -0.1) is 0 Å². The molecular formula is C25H25N3O5. The number of amides is 2. The van der Waals surface area contributed by atoms with Gasteiger partial charge in [0.15, 0.2) is 6.10 Å². The highest BCUT2D eigenvalue weighted by molar-refractivity contribution is 6.05. The van der Waals surface area contributed by atoms with Crippen molar-refractivity contribution in [3.05, 3.63) is 100 Å². The van der Waals surface area contributed by atoms with E-state index in [9.17, 15) is 19.7 Å². The number of nitro benzene ring substituents is 1. The lowest BCUT2D eigenvalue weighted by molar-refractivity contribution is -0.384. The van der Waals surface area contributed by atoms with Gasteiger partial charge in [0.2, 0.25) is 0 Å². The van der Waals surface area contributed by atoms with Crippen LogP contribution in [0, 0.1) is 10.1 Å². The minimum absolute atomic E-state index is 0.0642. The van der Waals surface area contributed by atoms with Crippen molar-refractivity contribution in [3.63, 3.8) is 0 Å². The molecule has 2 amide bonds. The van der Waals surface area contributed by atoms with Crippen LogP contribution in [-0.2, 0) is 11.2 Å². The number of rotatable bonds is 9. The summed E-state index contributed by atoms with van der Waals surface area (Å²) in [4.78, 5) is 37.4. The smallest absolute Gasteiger partial charge is 0.269 e. The summed E-state index contributed by atoms with van der Waals surface area (Å²) in [6, 6.07) is 22.2. The van der Waals surface area contributed by atoms with E-state index in [2.05, 4.69) is 5.32 Å². The molecule has 0 bridgehead atoms. The van der Waals surface area contributed by atoms with E-state index < -0.39 is 11.0 Å². The SMILES string of the molecule is CC(Oc1ccc([N+](=O)[O-])cc1)C(=O)N(C)c1ccccc1C(=O)NCCc1ccccc1. The monoisotopic (exact) mass is 447 g/mol. The molecule has 0 spiro atoms. The van der Waals surface area contributed by atoms with Crippen LogP contribution in [0.3, 0.4) is 0 Å². The van der Waals surface area contributed by atoms with Gasteiger partial charge in [-0.05, 0) is 43.2 Å².